The zero-order valence-corrected chi connectivity index (χ0v) is 17.6. The smallest absolute Gasteiger partial charge is 0.451 e. The second-order valence-electron chi connectivity index (χ2n) is 7.91. The number of alkyl halides is 3. The summed E-state index contributed by atoms with van der Waals surface area (Å²) in [5.74, 6) is -5.15. The molecule has 0 saturated carbocycles. The van der Waals surface area contributed by atoms with E-state index in [0.29, 0.717) is 0 Å². The van der Waals surface area contributed by atoms with Crippen molar-refractivity contribution in [2.75, 3.05) is 13.7 Å². The fourth-order valence-electron chi connectivity index (χ4n) is 3.44. The van der Waals surface area contributed by atoms with Crippen LogP contribution in [0.25, 0.3) is 0 Å². The average Bonchev–Trinajstić information content (AvgIpc) is 3.03. The Bertz CT molecular complexity index is 683. The van der Waals surface area contributed by atoms with Gasteiger partial charge in [0.15, 0.2) is 5.66 Å². The molecule has 0 bridgehead atoms. The molecular weight excluding hydrogens is 409 g/mol. The number of nitrogens with one attached hydrogen (secondary N) is 2. The number of methoxy groups -OCH3 is 1. The summed E-state index contributed by atoms with van der Waals surface area (Å²) in [6.07, 6.45) is -6.19. The van der Waals surface area contributed by atoms with Gasteiger partial charge in [-0.1, -0.05) is 27.7 Å². The molecule has 172 valence electrons. The van der Waals surface area contributed by atoms with Gasteiger partial charge < -0.3 is 10.5 Å². The van der Waals surface area contributed by atoms with Crippen molar-refractivity contribution in [2.24, 2.45) is 17.6 Å². The summed E-state index contributed by atoms with van der Waals surface area (Å²) in [5.41, 5.74) is 3.64. The van der Waals surface area contributed by atoms with Crippen molar-refractivity contribution in [3.05, 3.63) is 0 Å². The molecule has 4 N–H and O–H groups in total. The van der Waals surface area contributed by atoms with Gasteiger partial charge in [-0.15, -0.1) is 0 Å². The number of nitrogens with two attached hydrogens (primary N) is 1. The molecule has 0 spiro atoms. The number of likely N-dealkylation sites (tertiary alicyclic amines) is 1. The molecule has 1 heterocycles. The van der Waals surface area contributed by atoms with E-state index >= 15 is 0 Å². The van der Waals surface area contributed by atoms with Crippen LogP contribution in [0.4, 0.5) is 18.0 Å². The number of hydrogen-bond acceptors (Lipinski definition) is 7. The fraction of sp³-hybridized carbons (Fsp3) is 0.778. The van der Waals surface area contributed by atoms with Crippen LogP contribution in [0, 0.1) is 11.8 Å². The van der Waals surface area contributed by atoms with Crippen LogP contribution in [-0.4, -0.2) is 66.2 Å². The SMILES string of the molecule is COC(=O)N[C@@]1(C(=O)NC(=O)[C@@H](N)C(C)C)CCCN1[C@H](C(=O)C(F)(F)F)C(C)C. The van der Waals surface area contributed by atoms with Gasteiger partial charge in [0.25, 0.3) is 11.7 Å². The van der Waals surface area contributed by atoms with E-state index in [1.54, 1.807) is 13.8 Å². The maximum absolute atomic E-state index is 13.2. The van der Waals surface area contributed by atoms with Crippen molar-refractivity contribution in [2.45, 2.75) is 64.5 Å². The van der Waals surface area contributed by atoms with Crippen molar-refractivity contribution >= 4 is 23.7 Å². The minimum Gasteiger partial charge on any atom is -0.453 e. The van der Waals surface area contributed by atoms with Gasteiger partial charge >= 0.3 is 12.3 Å². The minimum atomic E-state index is -5.15. The highest BCUT2D eigenvalue weighted by Gasteiger charge is 2.57. The lowest BCUT2D eigenvalue weighted by Gasteiger charge is -2.42. The van der Waals surface area contributed by atoms with E-state index in [2.05, 4.69) is 15.4 Å². The molecule has 1 fully saturated rings. The van der Waals surface area contributed by atoms with Crippen LogP contribution >= 0.6 is 0 Å². The highest BCUT2D eigenvalue weighted by molar-refractivity contribution is 6.03. The Labute approximate surface area is 172 Å². The normalized spacial score (nSPS) is 22.0. The number of rotatable bonds is 7. The number of ether oxygens (including phenoxy) is 1. The number of amides is 3. The van der Waals surface area contributed by atoms with Crippen molar-refractivity contribution in [3.8, 4) is 0 Å². The largest absolute Gasteiger partial charge is 0.453 e. The third kappa shape index (κ3) is 5.48. The summed E-state index contributed by atoms with van der Waals surface area (Å²) < 4.78 is 44.2. The Morgan fingerprint density at radius 1 is 1.10 bits per heavy atom. The third-order valence-corrected chi connectivity index (χ3v) is 5.07. The first-order valence-electron chi connectivity index (χ1n) is 9.53. The van der Waals surface area contributed by atoms with E-state index < -0.39 is 53.5 Å². The molecule has 3 atom stereocenters. The van der Waals surface area contributed by atoms with E-state index in [4.69, 9.17) is 5.73 Å². The second kappa shape index (κ2) is 9.73. The van der Waals surface area contributed by atoms with Crippen LogP contribution in [0.3, 0.4) is 0 Å². The Morgan fingerprint density at radius 2 is 1.67 bits per heavy atom. The topological polar surface area (TPSA) is 131 Å². The lowest BCUT2D eigenvalue weighted by molar-refractivity contribution is -0.181. The van der Waals surface area contributed by atoms with E-state index in [9.17, 15) is 32.3 Å². The molecule has 1 aliphatic heterocycles. The minimum absolute atomic E-state index is 0.0908. The number of hydrogen-bond donors (Lipinski definition) is 3. The van der Waals surface area contributed by atoms with Crippen molar-refractivity contribution in [1.29, 1.82) is 0 Å². The average molecular weight is 438 g/mol. The number of alkyl carbamates (subject to hydrolysis) is 1. The number of carbonyl (C=O) groups excluding carboxylic acids is 4. The van der Waals surface area contributed by atoms with E-state index in [-0.39, 0.29) is 25.3 Å². The number of halogens is 3. The van der Waals surface area contributed by atoms with Gasteiger partial charge in [-0.2, -0.15) is 13.2 Å². The summed E-state index contributed by atoms with van der Waals surface area (Å²) >= 11 is 0. The summed E-state index contributed by atoms with van der Waals surface area (Å²) in [6.45, 7) is 6.00. The van der Waals surface area contributed by atoms with Crippen molar-refractivity contribution in [3.63, 3.8) is 0 Å². The highest BCUT2D eigenvalue weighted by atomic mass is 19.4. The summed E-state index contributed by atoms with van der Waals surface area (Å²) in [6, 6.07) is -2.82. The van der Waals surface area contributed by atoms with Gasteiger partial charge in [-0.3, -0.25) is 29.9 Å². The number of ketones is 1. The molecule has 12 heteroatoms. The maximum atomic E-state index is 13.2. The van der Waals surface area contributed by atoms with Crippen molar-refractivity contribution in [1.82, 2.24) is 15.5 Å². The van der Waals surface area contributed by atoms with Crippen LogP contribution in [0.2, 0.25) is 0 Å². The quantitative estimate of drug-likeness (QED) is 0.539. The van der Waals surface area contributed by atoms with Crippen LogP contribution in [0.15, 0.2) is 0 Å². The molecular formula is C18H29F3N4O5. The van der Waals surface area contributed by atoms with E-state index in [0.717, 1.165) is 12.0 Å². The fourth-order valence-corrected chi connectivity index (χ4v) is 3.44. The highest BCUT2D eigenvalue weighted by Crippen LogP contribution is 2.35. The molecule has 0 aromatic carbocycles. The predicted molar refractivity (Wildman–Crippen MR) is 99.9 cm³/mol. The summed E-state index contributed by atoms with van der Waals surface area (Å²) in [5, 5.41) is 4.31. The first-order chi connectivity index (χ1) is 13.7. The number of Topliss-reactive ketones (excluding diaryl/α,β-unsaturated/α-hetero) is 1. The lowest BCUT2D eigenvalue weighted by Crippen LogP contribution is -2.71. The monoisotopic (exact) mass is 438 g/mol. The molecule has 0 aromatic heterocycles. The molecule has 0 aliphatic carbocycles. The van der Waals surface area contributed by atoms with Gasteiger partial charge in [0, 0.05) is 6.54 Å². The molecule has 3 amide bonds. The molecule has 9 nitrogen and oxygen atoms in total. The molecule has 0 aromatic rings. The zero-order valence-electron chi connectivity index (χ0n) is 17.6. The van der Waals surface area contributed by atoms with E-state index in [1.165, 1.54) is 13.8 Å². The Morgan fingerprint density at radius 3 is 2.10 bits per heavy atom. The number of nitrogens with zero attached hydrogens (tertiary/aromatic N) is 1. The first kappa shape index (κ1) is 25.8. The molecule has 0 radical (unpaired) electrons. The Kier molecular flexibility index (Phi) is 8.38. The van der Waals surface area contributed by atoms with Crippen LogP contribution in [-0.2, 0) is 19.1 Å². The number of imide groups is 1. The van der Waals surface area contributed by atoms with Gasteiger partial charge in [-0.05, 0) is 24.7 Å². The molecule has 1 saturated heterocycles. The van der Waals surface area contributed by atoms with Crippen LogP contribution in [0.1, 0.15) is 40.5 Å². The zero-order chi connectivity index (χ0) is 23.4. The molecule has 1 aliphatic rings. The van der Waals surface area contributed by atoms with Crippen LogP contribution in [0.5, 0.6) is 0 Å². The Balaban J connectivity index is 3.41. The summed E-state index contributed by atoms with van der Waals surface area (Å²) in [7, 11) is 1.01. The maximum Gasteiger partial charge on any atom is 0.451 e. The lowest BCUT2D eigenvalue weighted by atomic mass is 9.94. The Hall–Kier alpha value is -2.21. The molecule has 1 rings (SSSR count). The van der Waals surface area contributed by atoms with E-state index in [1.807, 2.05) is 0 Å². The van der Waals surface area contributed by atoms with Crippen LogP contribution < -0.4 is 16.4 Å². The molecule has 0 unspecified atom stereocenters. The third-order valence-electron chi connectivity index (χ3n) is 5.07. The van der Waals surface area contributed by atoms with Crippen molar-refractivity contribution < 1.29 is 37.1 Å². The van der Waals surface area contributed by atoms with Gasteiger partial charge in [0.2, 0.25) is 5.91 Å². The summed E-state index contributed by atoms with van der Waals surface area (Å²) in [4.78, 5) is 50.4. The number of carbonyl (C=O) groups is 4. The first-order valence-corrected chi connectivity index (χ1v) is 9.53. The molecule has 30 heavy (non-hydrogen) atoms. The second-order valence-corrected chi connectivity index (χ2v) is 7.91. The standard InChI is InChI=1S/C18H29F3N4O5/c1-9(2)11(22)14(27)23-15(28)17(24-16(29)30-5)7-6-8-25(17)12(10(3)4)13(26)18(19,20)21/h9-12H,6-8,22H2,1-5H3,(H,24,29)(H,23,27,28)/t11-,12-,17-/m0/s1. The van der Waals surface area contributed by atoms with Gasteiger partial charge in [0.05, 0.1) is 19.2 Å². The predicted octanol–water partition coefficient (Wildman–Crippen LogP) is 0.917. The van der Waals surface area contributed by atoms with Gasteiger partial charge in [-0.25, -0.2) is 4.79 Å². The van der Waals surface area contributed by atoms with Gasteiger partial charge in [0.1, 0.15) is 0 Å².